The lowest BCUT2D eigenvalue weighted by Crippen LogP contribution is -2.33. The Morgan fingerprint density at radius 3 is 2.25 bits per heavy atom. The molecule has 2 aromatic carbocycles. The largest absolute Gasteiger partial charge is 0.443 e. The molecule has 3 atom stereocenters. The van der Waals surface area contributed by atoms with Crippen molar-refractivity contribution in [2.75, 3.05) is 13.1 Å². The second-order valence-electron chi connectivity index (χ2n) is 6.29. The lowest BCUT2D eigenvalue weighted by atomic mass is 10.1. The Morgan fingerprint density at radius 2 is 1.62 bits per heavy atom. The van der Waals surface area contributed by atoms with E-state index in [0.29, 0.717) is 13.1 Å². The van der Waals surface area contributed by atoms with Gasteiger partial charge in [0.2, 0.25) is 0 Å². The summed E-state index contributed by atoms with van der Waals surface area (Å²) in [5, 5.41) is 3.46. The van der Waals surface area contributed by atoms with Gasteiger partial charge in [-0.3, -0.25) is 4.90 Å². The summed E-state index contributed by atoms with van der Waals surface area (Å²) in [7, 11) is 0. The van der Waals surface area contributed by atoms with E-state index < -0.39 is 0 Å². The Labute approximate surface area is 143 Å². The minimum atomic E-state index is -0.231. The zero-order valence-corrected chi connectivity index (χ0v) is 14.2. The van der Waals surface area contributed by atoms with Gasteiger partial charge < -0.3 is 10.1 Å². The van der Waals surface area contributed by atoms with Crippen LogP contribution in [0.3, 0.4) is 0 Å². The minimum absolute atomic E-state index is 0.0234. The van der Waals surface area contributed by atoms with Crippen molar-refractivity contribution in [3.05, 3.63) is 71.8 Å². The van der Waals surface area contributed by atoms with Crippen molar-refractivity contribution in [2.45, 2.75) is 32.0 Å². The summed E-state index contributed by atoms with van der Waals surface area (Å²) in [6, 6.07) is 20.6. The van der Waals surface area contributed by atoms with Crippen LogP contribution in [0.25, 0.3) is 0 Å². The predicted molar refractivity (Wildman–Crippen MR) is 94.7 cm³/mol. The van der Waals surface area contributed by atoms with E-state index >= 15 is 0 Å². The highest BCUT2D eigenvalue weighted by atomic mass is 16.6. The average molecular weight is 324 g/mol. The number of ether oxygens (including phenoxy) is 1. The summed E-state index contributed by atoms with van der Waals surface area (Å²) >= 11 is 0. The SMILES string of the molecule is CC(NCC1CN(C(C)c2ccccc2)C(=O)O1)c1ccccc1. The van der Waals surface area contributed by atoms with Crippen LogP contribution in [-0.2, 0) is 4.74 Å². The van der Waals surface area contributed by atoms with Crippen molar-refractivity contribution in [3.8, 4) is 0 Å². The van der Waals surface area contributed by atoms with E-state index in [1.165, 1.54) is 5.56 Å². The van der Waals surface area contributed by atoms with Crippen LogP contribution in [0, 0.1) is 0 Å². The molecule has 0 spiro atoms. The number of hydrogen-bond donors (Lipinski definition) is 1. The zero-order chi connectivity index (χ0) is 16.9. The van der Waals surface area contributed by atoms with Crippen LogP contribution in [0.2, 0.25) is 0 Å². The molecule has 1 aliphatic rings. The third-order valence-corrected chi connectivity index (χ3v) is 4.60. The van der Waals surface area contributed by atoms with E-state index in [0.717, 1.165) is 5.56 Å². The summed E-state index contributed by atoms with van der Waals surface area (Å²) in [5.41, 5.74) is 2.36. The third kappa shape index (κ3) is 3.77. The van der Waals surface area contributed by atoms with Crippen LogP contribution < -0.4 is 5.32 Å². The Balaban J connectivity index is 1.55. The van der Waals surface area contributed by atoms with Crippen LogP contribution in [0.5, 0.6) is 0 Å². The summed E-state index contributed by atoms with van der Waals surface area (Å²) < 4.78 is 5.53. The normalized spacial score (nSPS) is 19.8. The molecule has 0 aromatic heterocycles. The van der Waals surface area contributed by atoms with Crippen LogP contribution in [-0.4, -0.2) is 30.2 Å². The summed E-state index contributed by atoms with van der Waals surface area (Å²) in [5.74, 6) is 0. The molecule has 0 bridgehead atoms. The molecule has 1 N–H and O–H groups in total. The second kappa shape index (κ2) is 7.49. The molecule has 4 heteroatoms. The molecule has 1 fully saturated rings. The first-order chi connectivity index (χ1) is 11.6. The molecule has 4 nitrogen and oxygen atoms in total. The van der Waals surface area contributed by atoms with Gasteiger partial charge in [-0.1, -0.05) is 60.7 Å². The maximum atomic E-state index is 12.2. The molecule has 1 amide bonds. The third-order valence-electron chi connectivity index (χ3n) is 4.60. The van der Waals surface area contributed by atoms with Gasteiger partial charge in [0.15, 0.2) is 0 Å². The first-order valence-corrected chi connectivity index (χ1v) is 8.45. The molecule has 1 aliphatic heterocycles. The van der Waals surface area contributed by atoms with Gasteiger partial charge in [-0.2, -0.15) is 0 Å². The number of benzene rings is 2. The van der Waals surface area contributed by atoms with Gasteiger partial charge in [0.05, 0.1) is 12.6 Å². The van der Waals surface area contributed by atoms with Crippen molar-refractivity contribution in [1.29, 1.82) is 0 Å². The Morgan fingerprint density at radius 1 is 1.04 bits per heavy atom. The quantitative estimate of drug-likeness (QED) is 0.875. The van der Waals surface area contributed by atoms with E-state index in [4.69, 9.17) is 4.74 Å². The molecule has 2 aromatic rings. The van der Waals surface area contributed by atoms with E-state index in [1.54, 1.807) is 4.90 Å². The van der Waals surface area contributed by atoms with Gasteiger partial charge in [0.25, 0.3) is 0 Å². The number of carbonyl (C=O) groups is 1. The molecule has 3 unspecified atom stereocenters. The molecular weight excluding hydrogens is 300 g/mol. The van der Waals surface area contributed by atoms with E-state index in [2.05, 4.69) is 24.4 Å². The van der Waals surface area contributed by atoms with Gasteiger partial charge in [-0.05, 0) is 25.0 Å². The highest BCUT2D eigenvalue weighted by Gasteiger charge is 2.34. The average Bonchev–Trinajstić information content (AvgIpc) is 3.01. The number of carbonyl (C=O) groups excluding carboxylic acids is 1. The molecular formula is C20H24N2O2. The first kappa shape index (κ1) is 16.5. The van der Waals surface area contributed by atoms with Crippen LogP contribution >= 0.6 is 0 Å². The van der Waals surface area contributed by atoms with Crippen LogP contribution in [0.1, 0.15) is 37.1 Å². The van der Waals surface area contributed by atoms with Crippen molar-refractivity contribution in [1.82, 2.24) is 10.2 Å². The van der Waals surface area contributed by atoms with Gasteiger partial charge in [-0.25, -0.2) is 4.79 Å². The second-order valence-corrected chi connectivity index (χ2v) is 6.29. The molecule has 1 heterocycles. The van der Waals surface area contributed by atoms with Gasteiger partial charge in [0.1, 0.15) is 6.10 Å². The van der Waals surface area contributed by atoms with Gasteiger partial charge >= 0.3 is 6.09 Å². The number of hydrogen-bond acceptors (Lipinski definition) is 3. The molecule has 0 aliphatic carbocycles. The topological polar surface area (TPSA) is 41.6 Å². The highest BCUT2D eigenvalue weighted by molar-refractivity contribution is 5.70. The van der Waals surface area contributed by atoms with Gasteiger partial charge in [-0.15, -0.1) is 0 Å². The molecule has 0 radical (unpaired) electrons. The van der Waals surface area contributed by atoms with Crippen LogP contribution in [0.4, 0.5) is 4.79 Å². The van der Waals surface area contributed by atoms with Crippen molar-refractivity contribution >= 4 is 6.09 Å². The maximum absolute atomic E-state index is 12.2. The standard InChI is InChI=1S/C20H24N2O2/c1-15(17-9-5-3-6-10-17)21-13-19-14-22(20(23)24-19)16(2)18-11-7-4-8-12-18/h3-12,15-16,19,21H,13-14H2,1-2H3. The fourth-order valence-electron chi connectivity index (χ4n) is 3.04. The summed E-state index contributed by atoms with van der Waals surface area (Å²) in [6.07, 6.45) is -0.347. The number of nitrogens with zero attached hydrogens (tertiary/aromatic N) is 1. The number of cyclic esters (lactones) is 1. The first-order valence-electron chi connectivity index (χ1n) is 8.45. The maximum Gasteiger partial charge on any atom is 0.410 e. The Kier molecular flexibility index (Phi) is 5.16. The molecule has 1 saturated heterocycles. The fraction of sp³-hybridized carbons (Fsp3) is 0.350. The Bertz CT molecular complexity index is 660. The monoisotopic (exact) mass is 324 g/mol. The van der Waals surface area contributed by atoms with Crippen molar-refractivity contribution < 1.29 is 9.53 Å². The van der Waals surface area contributed by atoms with E-state index in [1.807, 2.05) is 55.5 Å². The predicted octanol–water partition coefficient (Wildman–Crippen LogP) is 3.92. The smallest absolute Gasteiger partial charge is 0.410 e. The van der Waals surface area contributed by atoms with E-state index in [-0.39, 0.29) is 24.3 Å². The molecule has 24 heavy (non-hydrogen) atoms. The Hall–Kier alpha value is -2.33. The number of amides is 1. The minimum Gasteiger partial charge on any atom is -0.443 e. The molecule has 3 rings (SSSR count). The number of rotatable bonds is 6. The fourth-order valence-corrected chi connectivity index (χ4v) is 3.04. The molecule has 126 valence electrons. The van der Waals surface area contributed by atoms with Crippen LogP contribution in [0.15, 0.2) is 60.7 Å². The van der Waals surface area contributed by atoms with Gasteiger partial charge in [0, 0.05) is 12.6 Å². The highest BCUT2D eigenvalue weighted by Crippen LogP contribution is 2.25. The lowest BCUT2D eigenvalue weighted by molar-refractivity contribution is 0.127. The lowest BCUT2D eigenvalue weighted by Gasteiger charge is -2.22. The van der Waals surface area contributed by atoms with Crippen molar-refractivity contribution in [2.24, 2.45) is 0 Å². The van der Waals surface area contributed by atoms with Crippen molar-refractivity contribution in [3.63, 3.8) is 0 Å². The summed E-state index contributed by atoms with van der Waals surface area (Å²) in [4.78, 5) is 14.0. The zero-order valence-electron chi connectivity index (χ0n) is 14.2. The number of nitrogens with one attached hydrogen (secondary N) is 1. The van der Waals surface area contributed by atoms with E-state index in [9.17, 15) is 4.79 Å². The molecule has 0 saturated carbocycles. The summed E-state index contributed by atoms with van der Waals surface area (Å²) in [6.45, 7) is 5.43.